The molecule has 100 valence electrons. The lowest BCUT2D eigenvalue weighted by Crippen LogP contribution is -2.08. The van der Waals surface area contributed by atoms with E-state index in [0.29, 0.717) is 11.3 Å². The van der Waals surface area contributed by atoms with E-state index in [2.05, 4.69) is 15.9 Å². The molecule has 0 aliphatic heterocycles. The highest BCUT2D eigenvalue weighted by atomic mass is 79.9. The van der Waals surface area contributed by atoms with Crippen LogP contribution >= 0.6 is 15.9 Å². The Labute approximate surface area is 120 Å². The van der Waals surface area contributed by atoms with Gasteiger partial charge in [-0.15, -0.1) is 0 Å². The van der Waals surface area contributed by atoms with Gasteiger partial charge in [0.2, 0.25) is 0 Å². The lowest BCUT2D eigenvalue weighted by atomic mass is 10.1. The zero-order chi connectivity index (χ0) is 14.0. The molecule has 0 spiro atoms. The third-order valence-corrected chi connectivity index (χ3v) is 3.34. The molecular formula is C15H15BrFNO. The molecule has 2 N–H and O–H groups in total. The monoisotopic (exact) mass is 323 g/mol. The Morgan fingerprint density at radius 3 is 2.68 bits per heavy atom. The molecule has 0 saturated heterocycles. The zero-order valence-electron chi connectivity index (χ0n) is 10.8. The summed E-state index contributed by atoms with van der Waals surface area (Å²) in [5.74, 6) is 0.397. The summed E-state index contributed by atoms with van der Waals surface area (Å²) in [5, 5.41) is 0. The van der Waals surface area contributed by atoms with Crippen molar-refractivity contribution in [3.8, 4) is 11.5 Å². The first kappa shape index (κ1) is 14.0. The normalized spacial score (nSPS) is 12.3. The van der Waals surface area contributed by atoms with Crippen LogP contribution in [0.2, 0.25) is 0 Å². The molecule has 0 heterocycles. The van der Waals surface area contributed by atoms with Gasteiger partial charge in [0.1, 0.15) is 5.75 Å². The van der Waals surface area contributed by atoms with E-state index in [4.69, 9.17) is 10.5 Å². The molecule has 2 nitrogen and oxygen atoms in total. The first-order valence-corrected chi connectivity index (χ1v) is 6.76. The Balaban J connectivity index is 2.46. The molecule has 0 amide bonds. The molecule has 4 heteroatoms. The Bertz CT molecular complexity index is 599. The van der Waals surface area contributed by atoms with Crippen LogP contribution in [0.25, 0.3) is 0 Å². The van der Waals surface area contributed by atoms with Gasteiger partial charge in [0, 0.05) is 16.1 Å². The molecule has 0 aliphatic carbocycles. The third kappa shape index (κ3) is 3.14. The first-order chi connectivity index (χ1) is 8.99. The van der Waals surface area contributed by atoms with Gasteiger partial charge in [-0.05, 0) is 37.6 Å². The van der Waals surface area contributed by atoms with Crippen molar-refractivity contribution in [2.75, 3.05) is 0 Å². The standard InChI is InChI=1S/C15H15BrFNO/c1-9-6-7-11(16)8-14(9)19-15-12(10(2)18)4-3-5-13(15)17/h3-8,10H,18H2,1-2H3/t10-/m1/s1. The summed E-state index contributed by atoms with van der Waals surface area (Å²) in [5.41, 5.74) is 7.43. The Morgan fingerprint density at radius 2 is 2.00 bits per heavy atom. The molecule has 19 heavy (non-hydrogen) atoms. The minimum atomic E-state index is -0.408. The lowest BCUT2D eigenvalue weighted by Gasteiger charge is -2.15. The van der Waals surface area contributed by atoms with Crippen LogP contribution < -0.4 is 10.5 Å². The number of ether oxygens (including phenoxy) is 1. The average Bonchev–Trinajstić information content (AvgIpc) is 2.35. The number of hydrogen-bond donors (Lipinski definition) is 1. The molecule has 0 aromatic heterocycles. The fraction of sp³-hybridized carbons (Fsp3) is 0.200. The van der Waals surface area contributed by atoms with Gasteiger partial charge in [-0.1, -0.05) is 34.1 Å². The van der Waals surface area contributed by atoms with E-state index < -0.39 is 5.82 Å². The topological polar surface area (TPSA) is 35.2 Å². The van der Waals surface area contributed by atoms with E-state index in [9.17, 15) is 4.39 Å². The van der Waals surface area contributed by atoms with Crippen LogP contribution in [-0.2, 0) is 0 Å². The van der Waals surface area contributed by atoms with E-state index in [1.165, 1.54) is 6.07 Å². The fourth-order valence-electron chi connectivity index (χ4n) is 1.79. The fourth-order valence-corrected chi connectivity index (χ4v) is 2.13. The second-order valence-corrected chi connectivity index (χ2v) is 5.37. The van der Waals surface area contributed by atoms with E-state index in [0.717, 1.165) is 10.0 Å². The predicted octanol–water partition coefficient (Wildman–Crippen LogP) is 4.71. The van der Waals surface area contributed by atoms with Gasteiger partial charge >= 0.3 is 0 Å². The maximum absolute atomic E-state index is 13.9. The molecular weight excluding hydrogens is 309 g/mol. The number of halogens is 2. The highest BCUT2D eigenvalue weighted by Gasteiger charge is 2.15. The molecule has 0 radical (unpaired) electrons. The maximum Gasteiger partial charge on any atom is 0.167 e. The molecule has 2 rings (SSSR count). The summed E-state index contributed by atoms with van der Waals surface area (Å²) in [6.07, 6.45) is 0. The SMILES string of the molecule is Cc1ccc(Br)cc1Oc1c(F)cccc1[C@@H](C)N. The van der Waals surface area contributed by atoms with Gasteiger partial charge in [0.05, 0.1) is 0 Å². The second kappa shape index (κ2) is 5.72. The Morgan fingerprint density at radius 1 is 1.26 bits per heavy atom. The number of benzene rings is 2. The molecule has 2 aromatic carbocycles. The molecule has 0 aliphatic rings. The Hall–Kier alpha value is -1.39. The second-order valence-electron chi connectivity index (χ2n) is 4.46. The highest BCUT2D eigenvalue weighted by Crippen LogP contribution is 2.34. The molecule has 1 atom stereocenters. The van der Waals surface area contributed by atoms with Gasteiger partial charge in [0.15, 0.2) is 11.6 Å². The van der Waals surface area contributed by atoms with Crippen molar-refractivity contribution in [2.24, 2.45) is 5.73 Å². The summed E-state index contributed by atoms with van der Waals surface area (Å²) < 4.78 is 20.5. The van der Waals surface area contributed by atoms with Gasteiger partial charge in [-0.2, -0.15) is 0 Å². The van der Waals surface area contributed by atoms with Crippen molar-refractivity contribution >= 4 is 15.9 Å². The number of nitrogens with two attached hydrogens (primary N) is 1. The van der Waals surface area contributed by atoms with Crippen LogP contribution in [0.1, 0.15) is 24.1 Å². The van der Waals surface area contributed by atoms with Crippen LogP contribution in [-0.4, -0.2) is 0 Å². The highest BCUT2D eigenvalue weighted by molar-refractivity contribution is 9.10. The minimum absolute atomic E-state index is 0.193. The largest absolute Gasteiger partial charge is 0.454 e. The third-order valence-electron chi connectivity index (χ3n) is 2.85. The van der Waals surface area contributed by atoms with Crippen molar-refractivity contribution in [1.29, 1.82) is 0 Å². The molecule has 2 aromatic rings. The first-order valence-electron chi connectivity index (χ1n) is 5.97. The van der Waals surface area contributed by atoms with Crippen molar-refractivity contribution in [3.05, 3.63) is 57.8 Å². The van der Waals surface area contributed by atoms with Crippen molar-refractivity contribution in [2.45, 2.75) is 19.9 Å². The maximum atomic E-state index is 13.9. The van der Waals surface area contributed by atoms with E-state index in [1.54, 1.807) is 19.1 Å². The van der Waals surface area contributed by atoms with Crippen molar-refractivity contribution < 1.29 is 9.13 Å². The number of para-hydroxylation sites is 1. The summed E-state index contributed by atoms with van der Waals surface area (Å²) >= 11 is 3.38. The molecule has 0 saturated carbocycles. The number of aryl methyl sites for hydroxylation is 1. The zero-order valence-corrected chi connectivity index (χ0v) is 12.4. The Kier molecular flexibility index (Phi) is 4.22. The number of rotatable bonds is 3. The van der Waals surface area contributed by atoms with Crippen molar-refractivity contribution in [1.82, 2.24) is 0 Å². The number of hydrogen-bond acceptors (Lipinski definition) is 2. The van der Waals surface area contributed by atoms with E-state index >= 15 is 0 Å². The summed E-state index contributed by atoms with van der Waals surface area (Å²) in [7, 11) is 0. The van der Waals surface area contributed by atoms with E-state index in [1.807, 2.05) is 25.1 Å². The smallest absolute Gasteiger partial charge is 0.167 e. The predicted molar refractivity (Wildman–Crippen MR) is 78.0 cm³/mol. The van der Waals surface area contributed by atoms with Crippen LogP contribution in [0, 0.1) is 12.7 Å². The summed E-state index contributed by atoms with van der Waals surface area (Å²) in [6, 6.07) is 10.1. The van der Waals surface area contributed by atoms with Crippen LogP contribution in [0.15, 0.2) is 40.9 Å². The van der Waals surface area contributed by atoms with Crippen LogP contribution in [0.5, 0.6) is 11.5 Å². The summed E-state index contributed by atoms with van der Waals surface area (Å²) in [4.78, 5) is 0. The van der Waals surface area contributed by atoms with Crippen LogP contribution in [0.3, 0.4) is 0 Å². The van der Waals surface area contributed by atoms with Gasteiger partial charge < -0.3 is 10.5 Å². The summed E-state index contributed by atoms with van der Waals surface area (Å²) in [6.45, 7) is 3.71. The van der Waals surface area contributed by atoms with Crippen LogP contribution in [0.4, 0.5) is 4.39 Å². The average molecular weight is 324 g/mol. The lowest BCUT2D eigenvalue weighted by molar-refractivity contribution is 0.430. The van der Waals surface area contributed by atoms with Gasteiger partial charge in [-0.3, -0.25) is 0 Å². The molecule has 0 unspecified atom stereocenters. The minimum Gasteiger partial charge on any atom is -0.454 e. The molecule has 0 bridgehead atoms. The van der Waals surface area contributed by atoms with Gasteiger partial charge in [-0.25, -0.2) is 4.39 Å². The quantitative estimate of drug-likeness (QED) is 0.887. The van der Waals surface area contributed by atoms with Gasteiger partial charge in [0.25, 0.3) is 0 Å². The molecule has 0 fully saturated rings. The van der Waals surface area contributed by atoms with E-state index in [-0.39, 0.29) is 11.8 Å². The van der Waals surface area contributed by atoms with Crippen molar-refractivity contribution in [3.63, 3.8) is 0 Å².